The first-order chi connectivity index (χ1) is 38.2. The van der Waals surface area contributed by atoms with E-state index in [9.17, 15) is 43.2 Å². The molecule has 8 rings (SSSR count). The highest BCUT2D eigenvalue weighted by atomic mass is 32.2. The summed E-state index contributed by atoms with van der Waals surface area (Å²) < 4.78 is 164. The molecule has 2 amide bonds. The SMILES string of the molecule is [2H]C([2H])(NC(=O)CC[C@@H](C)[C@H]1CCC2C3C(CC[C@@]21C)[C@@]1(C)CC([2H])([2H])[C@]([2H])(O)C([2H])([2H])[C@H]1[C@@H](C)[C@H]3O)C([2H])([2H])S(=O)(=O)O.[2H]C([2H])(NC(=O)CC[C@@H](C)[C@H]1CCC2C3C(CC[C@@]21C)[C@@]1(C)CC([2H])([2H])[C@]([2H])(O)C([2H])([2H])[C@H]1[C@@H](CC)[C@H]3O)C(C)=O. The van der Waals surface area contributed by atoms with Crippen molar-refractivity contribution in [3.63, 3.8) is 0 Å². The Morgan fingerprint density at radius 3 is 1.61 bits per heavy atom. The number of hydrogen-bond donors (Lipinski definition) is 7. The van der Waals surface area contributed by atoms with Gasteiger partial charge in [0.15, 0.2) is 0 Å². The van der Waals surface area contributed by atoms with E-state index in [4.69, 9.17) is 26.5 Å². The topological polar surface area (TPSA) is 211 Å². The van der Waals surface area contributed by atoms with E-state index in [1.54, 1.807) is 12.2 Å². The van der Waals surface area contributed by atoms with E-state index in [0.717, 1.165) is 45.4 Å². The van der Waals surface area contributed by atoms with Crippen molar-refractivity contribution in [3.05, 3.63) is 0 Å². The van der Waals surface area contributed by atoms with E-state index >= 15 is 0 Å². The van der Waals surface area contributed by atoms with Gasteiger partial charge < -0.3 is 31.1 Å². The number of carbonyl (C=O) groups excluding carboxylic acids is 3. The van der Waals surface area contributed by atoms with Gasteiger partial charge in [-0.3, -0.25) is 18.9 Å². The van der Waals surface area contributed by atoms with E-state index in [1.165, 1.54) is 0 Å². The zero-order valence-electron chi connectivity index (χ0n) is 58.5. The van der Waals surface area contributed by atoms with Crippen LogP contribution >= 0.6 is 0 Å². The van der Waals surface area contributed by atoms with Crippen LogP contribution in [-0.2, 0) is 24.5 Å². The van der Waals surface area contributed by atoms with Crippen LogP contribution in [0.2, 0.25) is 0 Å². The molecular formula is C56H96N2O10S. The maximum atomic E-state index is 12.6. The van der Waals surface area contributed by atoms with E-state index in [0.29, 0.717) is 32.1 Å². The van der Waals surface area contributed by atoms with E-state index in [-0.39, 0.29) is 95.7 Å². The summed E-state index contributed by atoms with van der Waals surface area (Å²) in [5.41, 5.74) is -5.88. The summed E-state index contributed by atoms with van der Waals surface area (Å²) in [6.07, 6.45) is -10.6. The average Bonchev–Trinajstić information content (AvgIpc) is 1.31. The van der Waals surface area contributed by atoms with Gasteiger partial charge in [-0.1, -0.05) is 61.8 Å². The molecule has 0 saturated heterocycles. The highest BCUT2D eigenvalue weighted by Gasteiger charge is 2.66. The highest BCUT2D eigenvalue weighted by molar-refractivity contribution is 7.85. The lowest BCUT2D eigenvalue weighted by atomic mass is 9.41. The summed E-state index contributed by atoms with van der Waals surface area (Å²) >= 11 is 0. The molecule has 0 bridgehead atoms. The number of hydrogen-bond acceptors (Lipinski definition) is 9. The molecule has 0 aromatic heterocycles. The molecule has 0 aromatic carbocycles. The monoisotopic (exact) mass is 1000 g/mol. The Hall–Kier alpha value is -1.64. The second-order valence-electron chi connectivity index (χ2n) is 24.1. The van der Waals surface area contributed by atoms with Crippen molar-refractivity contribution >= 4 is 27.7 Å². The van der Waals surface area contributed by atoms with Crippen molar-refractivity contribution in [1.29, 1.82) is 0 Å². The third-order valence-corrected chi connectivity index (χ3v) is 21.1. The molecule has 0 spiro atoms. The molecule has 8 saturated carbocycles. The molecule has 0 radical (unpaired) electrons. The second kappa shape index (κ2) is 21.3. The van der Waals surface area contributed by atoms with Gasteiger partial charge in [-0.05, 0) is 214 Å². The Morgan fingerprint density at radius 1 is 0.681 bits per heavy atom. The number of carbonyl (C=O) groups is 3. The molecule has 13 heteroatoms. The number of rotatable bonds is 14. The molecule has 8 aliphatic carbocycles. The van der Waals surface area contributed by atoms with Crippen molar-refractivity contribution in [2.45, 2.75) is 208 Å². The molecule has 8 fully saturated rings. The Balaban J connectivity index is 0.000000244. The summed E-state index contributed by atoms with van der Waals surface area (Å²) in [4.78, 5) is 36.5. The number of nitrogens with one attached hydrogen (secondary N) is 2. The average molecular weight is 1010 g/mol. The van der Waals surface area contributed by atoms with Gasteiger partial charge in [-0.25, -0.2) is 0 Å². The second-order valence-corrected chi connectivity index (χ2v) is 25.3. The minimum Gasteiger partial charge on any atom is -0.393 e. The maximum Gasteiger partial charge on any atom is 0.266 e. The van der Waals surface area contributed by atoms with Crippen LogP contribution in [0.15, 0.2) is 0 Å². The van der Waals surface area contributed by atoms with E-state index < -0.39 is 131 Å². The Bertz CT molecular complexity index is 2670. The van der Waals surface area contributed by atoms with Crippen molar-refractivity contribution in [1.82, 2.24) is 10.6 Å². The molecule has 0 aliphatic heterocycles. The van der Waals surface area contributed by atoms with E-state index in [1.807, 2.05) is 27.7 Å². The first kappa shape index (κ1) is 37.1. The minimum absolute atomic E-state index is 0.0300. The van der Waals surface area contributed by atoms with Crippen LogP contribution in [0.5, 0.6) is 0 Å². The summed E-state index contributed by atoms with van der Waals surface area (Å²) in [6, 6.07) is 0. The molecule has 22 atom stereocenters. The highest BCUT2D eigenvalue weighted by Crippen LogP contribution is 2.71. The molecular weight excluding hydrogens is 893 g/mol. The van der Waals surface area contributed by atoms with Crippen LogP contribution < -0.4 is 10.6 Å². The standard InChI is InChI=1S/C29H49NO4.C27H47NO6S/c1-6-20-24-15-19(32)11-13-29(24,5)23-12-14-28(4)21(8-9-22(28)26(23)27(20)34)17(2)7-10-25(33)30-16-18(3)31;1-16(5-8-23(30)28-13-14-35(32,33)34)19-6-7-20-24-21(10-12-26(19,20)3)27(4)11-9-18(29)15-22(27)17(2)25(24)31/h17,19-24,26-27,32,34H,6-16H2,1-5H3,(H,30,33);16-22,24-25,29,31H,5-15H2,1-4H3,(H,28,30)(H,32,33,34)/t17-,19+,20-,21-,22?,23?,24+,26?,27-,28-,29-;16-,17-,18+,19-,20?,21?,22+,24?,25-,26-,27-/m11/s1/i11D2,15D2,16D2,19D;9D2,13D2,14D2,15D2,18D. The predicted octanol–water partition coefficient (Wildman–Crippen LogP) is 8.38. The Kier molecular flexibility index (Phi) is 11.5. The third-order valence-electron chi connectivity index (χ3n) is 20.8. The van der Waals surface area contributed by atoms with E-state index in [2.05, 4.69) is 26.1 Å². The molecule has 396 valence electrons. The fraction of sp³-hybridized carbons (Fsp3) is 0.946. The largest absolute Gasteiger partial charge is 0.393 e. The fourth-order valence-corrected chi connectivity index (χ4v) is 17.6. The summed E-state index contributed by atoms with van der Waals surface area (Å²) in [5, 5.41) is 49.4. The quantitative estimate of drug-likeness (QED) is 0.0827. The lowest BCUT2D eigenvalue weighted by Gasteiger charge is -2.64. The molecule has 12 nitrogen and oxygen atoms in total. The number of amides is 2. The van der Waals surface area contributed by atoms with Crippen molar-refractivity contribution in [2.24, 2.45) is 105 Å². The summed E-state index contributed by atoms with van der Waals surface area (Å²) in [6.45, 7) is 11.3. The summed E-state index contributed by atoms with van der Waals surface area (Å²) in [7, 11) is -5.46. The van der Waals surface area contributed by atoms with Gasteiger partial charge in [0, 0.05) is 33.0 Å². The van der Waals surface area contributed by atoms with Gasteiger partial charge in [-0.15, -0.1) is 0 Å². The fourth-order valence-electron chi connectivity index (χ4n) is 17.4. The van der Waals surface area contributed by atoms with Crippen LogP contribution in [0.3, 0.4) is 0 Å². The number of ketones is 1. The summed E-state index contributed by atoms with van der Waals surface area (Å²) in [5.74, 6) is -5.17. The lowest BCUT2D eigenvalue weighted by Crippen LogP contribution is -2.62. The third kappa shape index (κ3) is 10.7. The maximum absolute atomic E-state index is 12.6. The van der Waals surface area contributed by atoms with Gasteiger partial charge in [0.25, 0.3) is 10.1 Å². The van der Waals surface area contributed by atoms with Crippen molar-refractivity contribution < 1.29 is 69.7 Å². The van der Waals surface area contributed by atoms with Gasteiger partial charge in [0.2, 0.25) is 11.8 Å². The van der Waals surface area contributed by atoms with Gasteiger partial charge in [0.1, 0.15) is 5.78 Å². The number of aliphatic hydroxyl groups is 4. The smallest absolute Gasteiger partial charge is 0.266 e. The van der Waals surface area contributed by atoms with Crippen molar-refractivity contribution in [2.75, 3.05) is 18.7 Å². The first-order valence-electron chi connectivity index (χ1n) is 34.1. The lowest BCUT2D eigenvalue weighted by molar-refractivity contribution is -0.203. The number of fused-ring (bicyclic) bond motifs is 10. The molecule has 0 heterocycles. The van der Waals surface area contributed by atoms with Crippen LogP contribution in [-0.4, -0.2) is 94.1 Å². The minimum atomic E-state index is -5.46. The van der Waals surface area contributed by atoms with Crippen molar-refractivity contribution in [3.8, 4) is 0 Å². The van der Waals surface area contributed by atoms with Crippen LogP contribution in [0.25, 0.3) is 0 Å². The van der Waals surface area contributed by atoms with Crippen LogP contribution in [0.1, 0.15) is 206 Å². The Labute approximate surface area is 439 Å². The van der Waals surface area contributed by atoms with Gasteiger partial charge >= 0.3 is 0 Å². The first-order valence-corrected chi connectivity index (χ1v) is 27.6. The van der Waals surface area contributed by atoms with Gasteiger partial charge in [0.05, 0.1) is 44.8 Å². The van der Waals surface area contributed by atoms with Gasteiger partial charge in [-0.2, -0.15) is 8.42 Å². The number of Topliss-reactive ketones (excluding diaryl/α,β-unsaturated/α-hetero) is 1. The number of aliphatic hydroxyl groups excluding tert-OH is 2. The van der Waals surface area contributed by atoms with Crippen LogP contribution in [0, 0.1) is 105 Å². The normalized spacial score (nSPS) is 55.6. The zero-order valence-corrected chi connectivity index (χ0v) is 43.3. The molecule has 7 N–H and O–H groups in total. The predicted molar refractivity (Wildman–Crippen MR) is 269 cm³/mol. The van der Waals surface area contributed by atoms with Crippen LogP contribution in [0.4, 0.5) is 0 Å². The molecule has 69 heavy (non-hydrogen) atoms. The zero-order chi connectivity index (χ0) is 65.0. The molecule has 6 unspecified atom stereocenters. The molecule has 0 aromatic rings. The Morgan fingerprint density at radius 2 is 1.13 bits per heavy atom. The molecule has 8 aliphatic rings.